The van der Waals surface area contributed by atoms with Crippen LogP contribution in [0.15, 0.2) is 67.0 Å². The van der Waals surface area contributed by atoms with Crippen molar-refractivity contribution in [2.45, 2.75) is 26.0 Å². The molecule has 1 saturated heterocycles. The van der Waals surface area contributed by atoms with Crippen molar-refractivity contribution in [3.05, 3.63) is 83.7 Å². The van der Waals surface area contributed by atoms with Gasteiger partial charge in [-0.2, -0.15) is 0 Å². The highest BCUT2D eigenvalue weighted by molar-refractivity contribution is 5.82. The van der Waals surface area contributed by atoms with E-state index in [4.69, 9.17) is 15.2 Å². The second kappa shape index (κ2) is 10.1. The molecule has 2 heterocycles. The number of nitrogens with zero attached hydrogens (tertiary/aromatic N) is 2. The molecule has 1 atom stereocenters. The third-order valence-corrected chi connectivity index (χ3v) is 6.49. The Morgan fingerprint density at radius 1 is 1.06 bits per heavy atom. The lowest BCUT2D eigenvalue weighted by Gasteiger charge is -2.27. The minimum atomic E-state index is -0.589. The Kier molecular flexibility index (Phi) is 7.06. The van der Waals surface area contributed by atoms with Crippen LogP contribution in [0.25, 0.3) is 11.1 Å². The first-order valence-electron chi connectivity index (χ1n) is 11.2. The Balaban J connectivity index is 1.52. The Morgan fingerprint density at radius 3 is 2.61 bits per heavy atom. The van der Waals surface area contributed by atoms with Gasteiger partial charge in [-0.05, 0) is 65.9 Å². The number of carbonyl (C=O) groups excluding carboxylic acids is 1. The summed E-state index contributed by atoms with van der Waals surface area (Å²) in [6.45, 7) is 2.69. The van der Waals surface area contributed by atoms with Crippen LogP contribution < -0.4 is 10.5 Å². The summed E-state index contributed by atoms with van der Waals surface area (Å²) in [6.07, 6.45) is 4.94. The van der Waals surface area contributed by atoms with E-state index in [1.807, 2.05) is 30.3 Å². The number of nitrogens with two attached hydrogens (primary N) is 1. The largest absolute Gasteiger partial charge is 0.496 e. The van der Waals surface area contributed by atoms with E-state index in [-0.39, 0.29) is 5.91 Å². The lowest BCUT2D eigenvalue weighted by atomic mass is 9.79. The van der Waals surface area contributed by atoms with Gasteiger partial charge in [-0.1, -0.05) is 30.3 Å². The molecule has 0 aliphatic carbocycles. The van der Waals surface area contributed by atoms with E-state index in [2.05, 4.69) is 34.1 Å². The molecule has 33 heavy (non-hydrogen) atoms. The molecule has 0 radical (unpaired) electrons. The van der Waals surface area contributed by atoms with Gasteiger partial charge in [0.15, 0.2) is 0 Å². The third-order valence-electron chi connectivity index (χ3n) is 6.49. The third kappa shape index (κ3) is 5.24. The maximum Gasteiger partial charge on any atom is 0.225 e. The average molecular weight is 446 g/mol. The van der Waals surface area contributed by atoms with Crippen molar-refractivity contribution < 1.29 is 14.3 Å². The average Bonchev–Trinajstić information content (AvgIpc) is 3.24. The minimum absolute atomic E-state index is 0.237. The topological polar surface area (TPSA) is 77.7 Å². The molecule has 1 unspecified atom stereocenters. The second-order valence-electron chi connectivity index (χ2n) is 8.80. The zero-order valence-electron chi connectivity index (χ0n) is 19.3. The number of rotatable bonds is 9. The van der Waals surface area contributed by atoms with Gasteiger partial charge in [0, 0.05) is 38.2 Å². The van der Waals surface area contributed by atoms with E-state index in [9.17, 15) is 4.79 Å². The number of hydrogen-bond acceptors (Lipinski definition) is 5. The smallest absolute Gasteiger partial charge is 0.225 e. The van der Waals surface area contributed by atoms with Crippen LogP contribution in [0.2, 0.25) is 0 Å². The van der Waals surface area contributed by atoms with Crippen LogP contribution in [0.5, 0.6) is 5.75 Å². The molecule has 2 aromatic carbocycles. The van der Waals surface area contributed by atoms with E-state index in [0.29, 0.717) is 26.1 Å². The number of carbonyl (C=O) groups is 1. The number of benzene rings is 2. The highest BCUT2D eigenvalue weighted by Gasteiger charge is 2.43. The zero-order valence-corrected chi connectivity index (χ0v) is 19.3. The summed E-state index contributed by atoms with van der Waals surface area (Å²) in [6, 6.07) is 18.4. The van der Waals surface area contributed by atoms with Crippen LogP contribution >= 0.6 is 0 Å². The van der Waals surface area contributed by atoms with Gasteiger partial charge < -0.3 is 15.2 Å². The first-order valence-corrected chi connectivity index (χ1v) is 11.2. The maximum atomic E-state index is 12.7. The van der Waals surface area contributed by atoms with E-state index in [0.717, 1.165) is 46.5 Å². The van der Waals surface area contributed by atoms with Gasteiger partial charge in [-0.15, -0.1) is 0 Å². The molecular weight excluding hydrogens is 414 g/mol. The predicted molar refractivity (Wildman–Crippen MR) is 129 cm³/mol. The SMILES string of the molecule is COCc1ccc(OC)c(CN2CCC(Cc3cccc(-c4ccncc4)c3)(C(N)=O)C2)c1. The van der Waals surface area contributed by atoms with E-state index >= 15 is 0 Å². The van der Waals surface area contributed by atoms with Crippen molar-refractivity contribution in [3.63, 3.8) is 0 Å². The van der Waals surface area contributed by atoms with Crippen LogP contribution in [0.4, 0.5) is 0 Å². The van der Waals surface area contributed by atoms with Crippen molar-refractivity contribution in [3.8, 4) is 16.9 Å². The fourth-order valence-corrected chi connectivity index (χ4v) is 4.77. The normalized spacial score (nSPS) is 18.4. The Hall–Kier alpha value is -3.22. The molecule has 6 heteroatoms. The number of ether oxygens (including phenoxy) is 2. The summed E-state index contributed by atoms with van der Waals surface area (Å²) < 4.78 is 10.9. The number of pyridine rings is 1. The first kappa shape index (κ1) is 23.0. The van der Waals surface area contributed by atoms with E-state index in [1.165, 1.54) is 0 Å². The van der Waals surface area contributed by atoms with Gasteiger partial charge in [-0.3, -0.25) is 14.7 Å². The lowest BCUT2D eigenvalue weighted by molar-refractivity contribution is -0.127. The van der Waals surface area contributed by atoms with Gasteiger partial charge in [0.1, 0.15) is 5.75 Å². The molecular formula is C27H31N3O3. The molecule has 4 rings (SSSR count). The van der Waals surface area contributed by atoms with E-state index in [1.54, 1.807) is 26.6 Å². The van der Waals surface area contributed by atoms with Crippen molar-refractivity contribution in [1.82, 2.24) is 9.88 Å². The molecule has 2 N–H and O–H groups in total. The minimum Gasteiger partial charge on any atom is -0.496 e. The fourth-order valence-electron chi connectivity index (χ4n) is 4.77. The van der Waals surface area contributed by atoms with Gasteiger partial charge in [0.25, 0.3) is 0 Å². The number of hydrogen-bond donors (Lipinski definition) is 1. The molecule has 0 bridgehead atoms. The van der Waals surface area contributed by atoms with Crippen LogP contribution in [0.3, 0.4) is 0 Å². The number of aromatic nitrogens is 1. The zero-order chi connectivity index (χ0) is 23.3. The van der Waals surface area contributed by atoms with Crippen molar-refractivity contribution in [2.75, 3.05) is 27.3 Å². The summed E-state index contributed by atoms with van der Waals surface area (Å²) in [7, 11) is 3.37. The Labute approximate surface area is 195 Å². The van der Waals surface area contributed by atoms with Gasteiger partial charge in [0.2, 0.25) is 5.91 Å². The van der Waals surface area contributed by atoms with Crippen LogP contribution in [-0.2, 0) is 29.1 Å². The molecule has 0 spiro atoms. The van der Waals surface area contributed by atoms with Crippen molar-refractivity contribution in [2.24, 2.45) is 11.1 Å². The second-order valence-corrected chi connectivity index (χ2v) is 8.80. The molecule has 1 aromatic heterocycles. The van der Waals surface area contributed by atoms with Crippen molar-refractivity contribution in [1.29, 1.82) is 0 Å². The highest BCUT2D eigenvalue weighted by Crippen LogP contribution is 2.36. The molecule has 172 valence electrons. The first-order chi connectivity index (χ1) is 16.0. The number of amides is 1. The quantitative estimate of drug-likeness (QED) is 0.542. The molecule has 3 aromatic rings. The van der Waals surface area contributed by atoms with Crippen molar-refractivity contribution >= 4 is 5.91 Å². The van der Waals surface area contributed by atoms with Gasteiger partial charge in [-0.25, -0.2) is 0 Å². The predicted octanol–water partition coefficient (Wildman–Crippen LogP) is 3.82. The summed E-state index contributed by atoms with van der Waals surface area (Å²) in [5.41, 5.74) is 10.9. The highest BCUT2D eigenvalue weighted by atomic mass is 16.5. The molecule has 1 amide bonds. The summed E-state index contributed by atoms with van der Waals surface area (Å²) in [5.74, 6) is 0.607. The molecule has 6 nitrogen and oxygen atoms in total. The number of primary amides is 1. The maximum absolute atomic E-state index is 12.7. The van der Waals surface area contributed by atoms with Crippen LogP contribution in [0, 0.1) is 5.41 Å². The Morgan fingerprint density at radius 2 is 1.88 bits per heavy atom. The standard InChI is InChI=1S/C27H31N3O3/c1-32-18-21-6-7-25(33-2)24(15-21)17-30-13-10-27(19-30,26(28)31)16-20-4-3-5-23(14-20)22-8-11-29-12-9-22/h3-9,11-12,14-15H,10,13,16-19H2,1-2H3,(H2,28,31). The Bertz CT molecular complexity index is 1100. The van der Waals surface area contributed by atoms with Crippen LogP contribution in [-0.4, -0.2) is 43.1 Å². The fraction of sp³-hybridized carbons (Fsp3) is 0.333. The monoisotopic (exact) mass is 445 g/mol. The van der Waals surface area contributed by atoms with E-state index < -0.39 is 5.41 Å². The number of likely N-dealkylation sites (tertiary alicyclic amines) is 1. The molecule has 1 aliphatic heterocycles. The van der Waals surface area contributed by atoms with Gasteiger partial charge >= 0.3 is 0 Å². The summed E-state index contributed by atoms with van der Waals surface area (Å²) in [4.78, 5) is 19.1. The molecule has 0 saturated carbocycles. The van der Waals surface area contributed by atoms with Crippen LogP contribution in [0.1, 0.15) is 23.1 Å². The molecule has 1 fully saturated rings. The summed E-state index contributed by atoms with van der Waals surface area (Å²) in [5, 5.41) is 0. The molecule has 1 aliphatic rings. The summed E-state index contributed by atoms with van der Waals surface area (Å²) >= 11 is 0. The number of methoxy groups -OCH3 is 2. The van der Waals surface area contributed by atoms with Gasteiger partial charge in [0.05, 0.1) is 19.1 Å². The lowest BCUT2D eigenvalue weighted by Crippen LogP contribution is -2.41.